The second kappa shape index (κ2) is 4.83. The minimum atomic E-state index is 0. The first kappa shape index (κ1) is 11.0. The molecule has 68 valence electrons. The highest BCUT2D eigenvalue weighted by atomic mass is 35.5. The zero-order valence-electron chi connectivity index (χ0n) is 6.78. The first-order valence-corrected chi connectivity index (χ1v) is 3.43. The predicted octanol–water partition coefficient (Wildman–Crippen LogP) is 2.05. The van der Waals surface area contributed by atoms with E-state index in [1.54, 1.807) is 12.2 Å². The second-order valence-corrected chi connectivity index (χ2v) is 2.41. The molecule has 3 nitrogen and oxygen atoms in total. The molecule has 0 aromatic rings. The zero-order chi connectivity index (χ0) is 8.27. The van der Waals surface area contributed by atoms with Crippen molar-refractivity contribution in [3.05, 3.63) is 23.7 Å². The van der Waals surface area contributed by atoms with Crippen molar-refractivity contribution in [1.82, 2.24) is 0 Å². The summed E-state index contributed by atoms with van der Waals surface area (Å²) in [5, 5.41) is 16.2. The monoisotopic (exact) mass is 189 g/mol. The molecule has 0 bridgehead atoms. The minimum absolute atomic E-state index is 0. The van der Waals surface area contributed by atoms with Crippen LogP contribution < -0.4 is 0 Å². The van der Waals surface area contributed by atoms with Crippen LogP contribution in [0.1, 0.15) is 6.42 Å². The Morgan fingerprint density at radius 2 is 2.42 bits per heavy atom. The fourth-order valence-electron chi connectivity index (χ4n) is 0.997. The molecule has 1 aliphatic rings. The Kier molecular flexibility index (Phi) is 4.44. The van der Waals surface area contributed by atoms with Gasteiger partial charge < -0.3 is 15.3 Å². The van der Waals surface area contributed by atoms with Gasteiger partial charge in [-0.15, -0.1) is 12.4 Å². The Balaban J connectivity index is 0.00000121. The first-order chi connectivity index (χ1) is 5.27. The van der Waals surface area contributed by atoms with Crippen LogP contribution in [0, 0.1) is 11.3 Å². The highest BCUT2D eigenvalue weighted by Gasteiger charge is 2.14. The molecule has 0 heterocycles. The van der Waals surface area contributed by atoms with Crippen molar-refractivity contribution in [2.75, 3.05) is 7.11 Å². The number of hydrogen-bond donors (Lipinski definition) is 2. The summed E-state index contributed by atoms with van der Waals surface area (Å²) >= 11 is 0. The third kappa shape index (κ3) is 2.27. The van der Waals surface area contributed by atoms with Crippen LogP contribution in [0.15, 0.2) is 23.7 Å². The predicted molar refractivity (Wildman–Crippen MR) is 49.9 cm³/mol. The summed E-state index contributed by atoms with van der Waals surface area (Å²) in [5.74, 6) is 0.799. The topological polar surface area (TPSA) is 53.3 Å². The van der Waals surface area contributed by atoms with Crippen LogP contribution in [0.5, 0.6) is 0 Å². The smallest absolute Gasteiger partial charge is 0.152 e. The molecule has 1 unspecified atom stereocenters. The summed E-state index contributed by atoms with van der Waals surface area (Å²) in [6.07, 6.45) is 5.27. The van der Waals surface area contributed by atoms with Crippen molar-refractivity contribution in [2.45, 2.75) is 6.42 Å². The summed E-state index contributed by atoms with van der Waals surface area (Å²) in [6, 6.07) is 0. The molecule has 0 saturated carbocycles. The Morgan fingerprint density at radius 3 is 2.92 bits per heavy atom. The molecule has 0 aromatic heterocycles. The van der Waals surface area contributed by atoms with Crippen LogP contribution in [0.3, 0.4) is 0 Å². The van der Waals surface area contributed by atoms with Crippen LogP contribution in [0.2, 0.25) is 0 Å². The number of hydrogen-bond acceptors (Lipinski definition) is 3. The number of allylic oxidation sites excluding steroid dienone is 3. The van der Waals surface area contributed by atoms with Crippen molar-refractivity contribution >= 4 is 18.6 Å². The molecule has 12 heavy (non-hydrogen) atoms. The van der Waals surface area contributed by atoms with Gasteiger partial charge in [-0.1, -0.05) is 6.08 Å². The summed E-state index contributed by atoms with van der Waals surface area (Å²) in [6.45, 7) is 0. The van der Waals surface area contributed by atoms with Crippen molar-refractivity contribution in [2.24, 2.45) is 5.92 Å². The SMILES string of the molecule is COC1=C(O)C=CC(C=N)C1.Cl. The van der Waals surface area contributed by atoms with Gasteiger partial charge in [-0.2, -0.15) is 0 Å². The molecule has 1 rings (SSSR count). The van der Waals surface area contributed by atoms with Crippen LogP contribution in [0.4, 0.5) is 0 Å². The van der Waals surface area contributed by atoms with Crippen LogP contribution in [-0.2, 0) is 4.74 Å². The maximum atomic E-state index is 9.17. The molecule has 0 fully saturated rings. The average Bonchev–Trinajstić information content (AvgIpc) is 2.05. The van der Waals surface area contributed by atoms with Crippen molar-refractivity contribution in [3.63, 3.8) is 0 Å². The molecule has 0 aliphatic heterocycles. The van der Waals surface area contributed by atoms with Crippen LogP contribution >= 0.6 is 12.4 Å². The zero-order valence-corrected chi connectivity index (χ0v) is 7.60. The molecular formula is C8H12ClNO2. The fraction of sp³-hybridized carbons (Fsp3) is 0.375. The molecule has 4 heteroatoms. The standard InChI is InChI=1S/C8H11NO2.ClH/c1-11-8-4-6(5-9)2-3-7(8)10;/h2-3,5-6,9-10H,4H2,1H3;1H. The third-order valence-corrected chi connectivity index (χ3v) is 1.67. The van der Waals surface area contributed by atoms with Gasteiger partial charge in [-0.05, 0) is 6.08 Å². The molecule has 2 N–H and O–H groups in total. The molecule has 1 aliphatic carbocycles. The van der Waals surface area contributed by atoms with E-state index in [1.165, 1.54) is 13.3 Å². The highest BCUT2D eigenvalue weighted by molar-refractivity contribution is 5.85. The van der Waals surface area contributed by atoms with E-state index in [0.29, 0.717) is 12.2 Å². The van der Waals surface area contributed by atoms with E-state index < -0.39 is 0 Å². The van der Waals surface area contributed by atoms with E-state index in [1.807, 2.05) is 0 Å². The van der Waals surface area contributed by atoms with Gasteiger partial charge in [0.1, 0.15) is 5.76 Å². The Morgan fingerprint density at radius 1 is 1.75 bits per heavy atom. The molecule has 0 aromatic carbocycles. The number of rotatable bonds is 2. The van der Waals surface area contributed by atoms with Crippen LogP contribution in [0.25, 0.3) is 0 Å². The third-order valence-electron chi connectivity index (χ3n) is 1.67. The van der Waals surface area contributed by atoms with Gasteiger partial charge in [0, 0.05) is 18.6 Å². The van der Waals surface area contributed by atoms with Crippen molar-refractivity contribution in [1.29, 1.82) is 5.41 Å². The lowest BCUT2D eigenvalue weighted by atomic mass is 10.00. The van der Waals surface area contributed by atoms with Gasteiger partial charge in [0.05, 0.1) is 7.11 Å². The quantitative estimate of drug-likeness (QED) is 0.654. The number of aliphatic hydroxyl groups is 1. The number of methoxy groups -OCH3 is 1. The number of ether oxygens (including phenoxy) is 1. The lowest BCUT2D eigenvalue weighted by Gasteiger charge is -2.14. The lowest BCUT2D eigenvalue weighted by molar-refractivity contribution is 0.240. The summed E-state index contributed by atoms with van der Waals surface area (Å²) in [7, 11) is 1.52. The Hall–Kier alpha value is -0.960. The first-order valence-electron chi connectivity index (χ1n) is 3.43. The normalized spacial score (nSPS) is 21.6. The Bertz CT molecular complexity index is 223. The van der Waals surface area contributed by atoms with E-state index in [0.717, 1.165) is 0 Å². The molecular weight excluding hydrogens is 178 g/mol. The maximum absolute atomic E-state index is 9.17. The van der Waals surface area contributed by atoms with Gasteiger partial charge in [0.2, 0.25) is 0 Å². The van der Waals surface area contributed by atoms with Crippen molar-refractivity contribution < 1.29 is 9.84 Å². The van der Waals surface area contributed by atoms with E-state index in [4.69, 9.17) is 10.1 Å². The molecule has 0 radical (unpaired) electrons. The number of nitrogens with one attached hydrogen (secondary N) is 1. The molecule has 0 spiro atoms. The maximum Gasteiger partial charge on any atom is 0.152 e. The van der Waals surface area contributed by atoms with E-state index in [-0.39, 0.29) is 24.1 Å². The Labute approximate surface area is 77.7 Å². The van der Waals surface area contributed by atoms with Gasteiger partial charge in [-0.3, -0.25) is 0 Å². The summed E-state index contributed by atoms with van der Waals surface area (Å²) in [5.41, 5.74) is 0. The number of halogens is 1. The van der Waals surface area contributed by atoms with Gasteiger partial charge in [0.25, 0.3) is 0 Å². The second-order valence-electron chi connectivity index (χ2n) is 2.41. The van der Waals surface area contributed by atoms with E-state index >= 15 is 0 Å². The van der Waals surface area contributed by atoms with E-state index in [2.05, 4.69) is 0 Å². The van der Waals surface area contributed by atoms with Gasteiger partial charge in [-0.25, -0.2) is 0 Å². The van der Waals surface area contributed by atoms with E-state index in [9.17, 15) is 5.11 Å². The van der Waals surface area contributed by atoms with Gasteiger partial charge >= 0.3 is 0 Å². The van der Waals surface area contributed by atoms with Crippen molar-refractivity contribution in [3.8, 4) is 0 Å². The largest absolute Gasteiger partial charge is 0.504 e. The summed E-state index contributed by atoms with van der Waals surface area (Å²) < 4.78 is 4.91. The fourth-order valence-corrected chi connectivity index (χ4v) is 0.997. The molecule has 0 saturated heterocycles. The number of aliphatic hydroxyl groups excluding tert-OH is 1. The summed E-state index contributed by atoms with van der Waals surface area (Å²) in [4.78, 5) is 0. The van der Waals surface area contributed by atoms with Gasteiger partial charge in [0.15, 0.2) is 5.76 Å². The van der Waals surface area contributed by atoms with Crippen LogP contribution in [-0.4, -0.2) is 18.4 Å². The average molecular weight is 190 g/mol. The molecule has 1 atom stereocenters. The minimum Gasteiger partial charge on any atom is -0.504 e. The lowest BCUT2D eigenvalue weighted by Crippen LogP contribution is -2.07. The molecule has 0 amide bonds. The highest BCUT2D eigenvalue weighted by Crippen LogP contribution is 2.20.